The van der Waals surface area contributed by atoms with Gasteiger partial charge < -0.3 is 14.4 Å². The van der Waals surface area contributed by atoms with Gasteiger partial charge in [-0.2, -0.15) is 4.98 Å². The van der Waals surface area contributed by atoms with E-state index in [2.05, 4.69) is 20.1 Å². The standard InChI is InChI=1S/C19H15N5O2/c25-19(13-4-5-15-12(9-13)6-8-21-15)24-10-14(11-24)18-22-17(23-26-18)16-3-1-2-7-20-16/h1-9,14,21H,10-11H2. The molecule has 0 bridgehead atoms. The highest BCUT2D eigenvalue weighted by atomic mass is 16.5. The number of amides is 1. The number of aromatic amines is 1. The van der Waals surface area contributed by atoms with Crippen molar-refractivity contribution in [2.45, 2.75) is 5.92 Å². The molecule has 4 aromatic rings. The largest absolute Gasteiger partial charge is 0.361 e. The molecule has 1 aliphatic heterocycles. The molecule has 0 aliphatic carbocycles. The lowest BCUT2D eigenvalue weighted by Gasteiger charge is -2.37. The molecule has 0 unspecified atom stereocenters. The number of nitrogens with zero attached hydrogens (tertiary/aromatic N) is 4. The fourth-order valence-corrected chi connectivity index (χ4v) is 3.17. The molecule has 1 fully saturated rings. The monoisotopic (exact) mass is 345 g/mol. The molecule has 128 valence electrons. The summed E-state index contributed by atoms with van der Waals surface area (Å²) in [4.78, 5) is 26.2. The maximum atomic E-state index is 12.6. The van der Waals surface area contributed by atoms with Gasteiger partial charge in [0.05, 0.1) is 5.92 Å². The van der Waals surface area contributed by atoms with Crippen LogP contribution < -0.4 is 0 Å². The van der Waals surface area contributed by atoms with E-state index < -0.39 is 0 Å². The second-order valence-electron chi connectivity index (χ2n) is 6.36. The predicted molar refractivity (Wildman–Crippen MR) is 94.5 cm³/mol. The maximum Gasteiger partial charge on any atom is 0.253 e. The minimum absolute atomic E-state index is 0.0221. The molecule has 0 spiro atoms. The zero-order valence-corrected chi connectivity index (χ0v) is 13.8. The number of pyridine rings is 1. The van der Waals surface area contributed by atoms with Crippen LogP contribution in [0.3, 0.4) is 0 Å². The van der Waals surface area contributed by atoms with E-state index >= 15 is 0 Å². The Balaban J connectivity index is 1.28. The molecule has 3 aromatic heterocycles. The minimum atomic E-state index is 0.0221. The van der Waals surface area contributed by atoms with E-state index in [-0.39, 0.29) is 11.8 Å². The number of rotatable bonds is 3. The lowest BCUT2D eigenvalue weighted by atomic mass is 9.98. The van der Waals surface area contributed by atoms with Gasteiger partial charge in [-0.15, -0.1) is 0 Å². The van der Waals surface area contributed by atoms with Gasteiger partial charge in [0.15, 0.2) is 0 Å². The molecule has 0 saturated carbocycles. The highest BCUT2D eigenvalue weighted by molar-refractivity contribution is 5.98. The summed E-state index contributed by atoms with van der Waals surface area (Å²) in [7, 11) is 0. The van der Waals surface area contributed by atoms with Crippen LogP contribution >= 0.6 is 0 Å². The summed E-state index contributed by atoms with van der Waals surface area (Å²) in [5.74, 6) is 1.12. The average Bonchev–Trinajstić information content (AvgIpc) is 3.30. The number of hydrogen-bond donors (Lipinski definition) is 1. The van der Waals surface area contributed by atoms with Crippen molar-refractivity contribution < 1.29 is 9.32 Å². The van der Waals surface area contributed by atoms with E-state index in [1.807, 2.05) is 48.7 Å². The Morgan fingerprint density at radius 2 is 2.12 bits per heavy atom. The fraction of sp³-hybridized carbons (Fsp3) is 0.158. The lowest BCUT2D eigenvalue weighted by Crippen LogP contribution is -2.48. The summed E-state index contributed by atoms with van der Waals surface area (Å²) in [6, 6.07) is 13.2. The van der Waals surface area contributed by atoms with Crippen molar-refractivity contribution in [3.63, 3.8) is 0 Å². The van der Waals surface area contributed by atoms with Crippen LogP contribution in [-0.4, -0.2) is 44.0 Å². The highest BCUT2D eigenvalue weighted by Gasteiger charge is 2.36. The van der Waals surface area contributed by atoms with Crippen molar-refractivity contribution in [2.75, 3.05) is 13.1 Å². The van der Waals surface area contributed by atoms with Crippen molar-refractivity contribution >= 4 is 16.8 Å². The molecule has 1 N–H and O–H groups in total. The Labute approximate surface area is 148 Å². The highest BCUT2D eigenvalue weighted by Crippen LogP contribution is 2.29. The Morgan fingerprint density at radius 1 is 1.19 bits per heavy atom. The van der Waals surface area contributed by atoms with E-state index in [4.69, 9.17) is 4.52 Å². The molecular formula is C19H15N5O2. The average molecular weight is 345 g/mol. The van der Waals surface area contributed by atoms with Crippen LogP contribution in [-0.2, 0) is 0 Å². The minimum Gasteiger partial charge on any atom is -0.361 e. The van der Waals surface area contributed by atoms with Crippen LogP contribution in [0.15, 0.2) is 59.4 Å². The van der Waals surface area contributed by atoms with Gasteiger partial charge in [0.25, 0.3) is 5.91 Å². The number of benzene rings is 1. The van der Waals surface area contributed by atoms with Gasteiger partial charge in [-0.3, -0.25) is 9.78 Å². The predicted octanol–water partition coefficient (Wildman–Crippen LogP) is 2.85. The van der Waals surface area contributed by atoms with Crippen LogP contribution in [0.4, 0.5) is 0 Å². The van der Waals surface area contributed by atoms with Crippen molar-refractivity contribution in [3.8, 4) is 11.5 Å². The normalized spacial score (nSPS) is 14.5. The number of likely N-dealkylation sites (tertiary alicyclic amines) is 1. The molecule has 4 heterocycles. The maximum absolute atomic E-state index is 12.6. The summed E-state index contributed by atoms with van der Waals surface area (Å²) in [6.07, 6.45) is 3.56. The molecule has 0 radical (unpaired) electrons. The van der Waals surface area contributed by atoms with Gasteiger partial charge in [0.2, 0.25) is 11.7 Å². The van der Waals surface area contributed by atoms with E-state index in [0.717, 1.165) is 10.9 Å². The van der Waals surface area contributed by atoms with Gasteiger partial charge in [0.1, 0.15) is 5.69 Å². The molecule has 7 heteroatoms. The summed E-state index contributed by atoms with van der Waals surface area (Å²) >= 11 is 0. The van der Waals surface area contributed by atoms with E-state index in [9.17, 15) is 4.79 Å². The van der Waals surface area contributed by atoms with Crippen molar-refractivity contribution in [1.29, 1.82) is 0 Å². The first-order chi connectivity index (χ1) is 12.8. The van der Waals surface area contributed by atoms with Gasteiger partial charge in [-0.25, -0.2) is 0 Å². The van der Waals surface area contributed by atoms with Crippen LogP contribution in [0.25, 0.3) is 22.4 Å². The molecule has 1 aromatic carbocycles. The summed E-state index contributed by atoms with van der Waals surface area (Å²) in [6.45, 7) is 1.15. The van der Waals surface area contributed by atoms with Crippen molar-refractivity contribution in [2.24, 2.45) is 0 Å². The van der Waals surface area contributed by atoms with E-state index in [0.29, 0.717) is 36.1 Å². The Hall–Kier alpha value is -3.48. The third-order valence-electron chi connectivity index (χ3n) is 4.65. The number of nitrogens with one attached hydrogen (secondary N) is 1. The number of H-pyrrole nitrogens is 1. The molecule has 0 atom stereocenters. The number of hydrogen-bond acceptors (Lipinski definition) is 5. The molecule has 1 aliphatic rings. The third-order valence-corrected chi connectivity index (χ3v) is 4.65. The smallest absolute Gasteiger partial charge is 0.253 e. The first kappa shape index (κ1) is 14.8. The number of carbonyl (C=O) groups excluding carboxylic acids is 1. The lowest BCUT2D eigenvalue weighted by molar-refractivity contribution is 0.0569. The molecule has 7 nitrogen and oxygen atoms in total. The van der Waals surface area contributed by atoms with Gasteiger partial charge in [-0.05, 0) is 36.4 Å². The van der Waals surface area contributed by atoms with Crippen molar-refractivity contribution in [1.82, 2.24) is 25.0 Å². The number of carbonyl (C=O) groups is 1. The quantitative estimate of drug-likeness (QED) is 0.617. The van der Waals surface area contributed by atoms with Gasteiger partial charge in [0, 0.05) is 41.9 Å². The van der Waals surface area contributed by atoms with E-state index in [1.165, 1.54) is 0 Å². The molecule has 1 amide bonds. The van der Waals surface area contributed by atoms with Crippen molar-refractivity contribution in [3.05, 3.63) is 66.3 Å². The Kier molecular flexibility index (Phi) is 3.31. The van der Waals surface area contributed by atoms with Gasteiger partial charge >= 0.3 is 0 Å². The Bertz CT molecular complexity index is 1080. The summed E-state index contributed by atoms with van der Waals surface area (Å²) in [5.41, 5.74) is 2.39. The fourth-order valence-electron chi connectivity index (χ4n) is 3.17. The summed E-state index contributed by atoms with van der Waals surface area (Å²) in [5, 5.41) is 5.02. The third kappa shape index (κ3) is 2.45. The van der Waals surface area contributed by atoms with Crippen LogP contribution in [0.5, 0.6) is 0 Å². The number of fused-ring (bicyclic) bond motifs is 1. The Morgan fingerprint density at radius 3 is 2.96 bits per heavy atom. The summed E-state index contributed by atoms with van der Waals surface area (Å²) < 4.78 is 5.36. The molecule has 1 saturated heterocycles. The topological polar surface area (TPSA) is 87.9 Å². The zero-order chi connectivity index (χ0) is 17.5. The molecule has 5 rings (SSSR count). The second-order valence-corrected chi connectivity index (χ2v) is 6.36. The van der Waals surface area contributed by atoms with Crippen LogP contribution in [0.2, 0.25) is 0 Å². The van der Waals surface area contributed by atoms with Gasteiger partial charge in [-0.1, -0.05) is 11.2 Å². The first-order valence-electron chi connectivity index (χ1n) is 8.39. The second kappa shape index (κ2) is 5.80. The van der Waals surface area contributed by atoms with Crippen LogP contribution in [0.1, 0.15) is 22.2 Å². The molecule has 26 heavy (non-hydrogen) atoms. The van der Waals surface area contributed by atoms with E-state index in [1.54, 1.807) is 11.1 Å². The SMILES string of the molecule is O=C(c1ccc2[nH]ccc2c1)N1CC(c2nc(-c3ccccn3)no2)C1. The zero-order valence-electron chi connectivity index (χ0n) is 13.8. The number of aromatic nitrogens is 4. The first-order valence-corrected chi connectivity index (χ1v) is 8.39. The molecular weight excluding hydrogens is 330 g/mol. The van der Waals surface area contributed by atoms with Crippen LogP contribution in [0, 0.1) is 0 Å².